The standard InChI is InChI=1S/C10H21N3O3/c1-5(2)8(10(11)16)13-3-6-9(15)7(14)4-12-6/h5-9,12-15H,3-4H2,1-2H3,(H2,11,16)/t6-,7-,8+,9-/m1/s1. The molecule has 0 unspecified atom stereocenters. The molecule has 1 aliphatic heterocycles. The van der Waals surface area contributed by atoms with Crippen molar-refractivity contribution in [2.24, 2.45) is 11.7 Å². The SMILES string of the molecule is CC(C)[C@H](NC[C@H]1NC[C@@H](O)[C@@H]1O)C(N)=O. The molecule has 0 saturated carbocycles. The summed E-state index contributed by atoms with van der Waals surface area (Å²) >= 11 is 0. The van der Waals surface area contributed by atoms with E-state index in [1.807, 2.05) is 13.8 Å². The minimum absolute atomic E-state index is 0.0981. The molecule has 1 aliphatic rings. The van der Waals surface area contributed by atoms with Crippen LogP contribution in [0.4, 0.5) is 0 Å². The van der Waals surface area contributed by atoms with Gasteiger partial charge in [-0.2, -0.15) is 0 Å². The molecule has 0 aromatic carbocycles. The van der Waals surface area contributed by atoms with Gasteiger partial charge >= 0.3 is 0 Å². The van der Waals surface area contributed by atoms with Crippen molar-refractivity contribution >= 4 is 5.91 Å². The highest BCUT2D eigenvalue weighted by molar-refractivity contribution is 5.80. The van der Waals surface area contributed by atoms with E-state index in [1.54, 1.807) is 0 Å². The van der Waals surface area contributed by atoms with Crippen LogP contribution in [0.3, 0.4) is 0 Å². The van der Waals surface area contributed by atoms with Gasteiger partial charge < -0.3 is 26.6 Å². The molecule has 0 radical (unpaired) electrons. The van der Waals surface area contributed by atoms with Gasteiger partial charge in [-0.05, 0) is 5.92 Å². The topological polar surface area (TPSA) is 108 Å². The number of carbonyl (C=O) groups excluding carboxylic acids is 1. The molecule has 1 heterocycles. The summed E-state index contributed by atoms with van der Waals surface area (Å²) in [6, 6.07) is -0.651. The average Bonchev–Trinajstić information content (AvgIpc) is 2.48. The predicted octanol–water partition coefficient (Wildman–Crippen LogP) is -2.22. The molecule has 0 aromatic rings. The number of nitrogens with one attached hydrogen (secondary N) is 2. The average molecular weight is 231 g/mol. The number of aliphatic hydroxyl groups excluding tert-OH is 2. The van der Waals surface area contributed by atoms with E-state index < -0.39 is 24.2 Å². The molecule has 0 aromatic heterocycles. The minimum Gasteiger partial charge on any atom is -0.389 e. The van der Waals surface area contributed by atoms with Crippen molar-refractivity contribution < 1.29 is 15.0 Å². The Morgan fingerprint density at radius 3 is 2.56 bits per heavy atom. The quantitative estimate of drug-likeness (QED) is 0.368. The summed E-state index contributed by atoms with van der Waals surface area (Å²) in [5.41, 5.74) is 5.25. The van der Waals surface area contributed by atoms with Gasteiger partial charge in [0.1, 0.15) is 0 Å². The molecule has 6 nitrogen and oxygen atoms in total. The lowest BCUT2D eigenvalue weighted by Crippen LogP contribution is -2.51. The lowest BCUT2D eigenvalue weighted by molar-refractivity contribution is -0.121. The Morgan fingerprint density at radius 2 is 2.19 bits per heavy atom. The summed E-state index contributed by atoms with van der Waals surface area (Å²) < 4.78 is 0. The largest absolute Gasteiger partial charge is 0.389 e. The number of hydrogen-bond acceptors (Lipinski definition) is 5. The third-order valence-electron chi connectivity index (χ3n) is 2.93. The van der Waals surface area contributed by atoms with E-state index in [1.165, 1.54) is 0 Å². The van der Waals surface area contributed by atoms with Crippen LogP contribution in [0.2, 0.25) is 0 Å². The molecular formula is C10H21N3O3. The molecule has 6 heteroatoms. The van der Waals surface area contributed by atoms with Crippen LogP contribution in [0.25, 0.3) is 0 Å². The fraction of sp³-hybridized carbons (Fsp3) is 0.900. The second kappa shape index (κ2) is 5.58. The molecule has 0 spiro atoms. The summed E-state index contributed by atoms with van der Waals surface area (Å²) in [4.78, 5) is 11.1. The van der Waals surface area contributed by atoms with Gasteiger partial charge in [0.2, 0.25) is 5.91 Å². The summed E-state index contributed by atoms with van der Waals surface area (Å²) in [5, 5.41) is 24.9. The van der Waals surface area contributed by atoms with E-state index in [9.17, 15) is 15.0 Å². The molecule has 16 heavy (non-hydrogen) atoms. The molecule has 1 saturated heterocycles. The van der Waals surface area contributed by atoms with E-state index in [-0.39, 0.29) is 12.0 Å². The summed E-state index contributed by atoms with van der Waals surface area (Å²) in [5.74, 6) is -0.302. The van der Waals surface area contributed by atoms with Crippen molar-refractivity contribution in [2.75, 3.05) is 13.1 Å². The molecule has 6 N–H and O–H groups in total. The molecule has 0 bridgehead atoms. The van der Waals surface area contributed by atoms with Crippen LogP contribution < -0.4 is 16.4 Å². The number of nitrogens with two attached hydrogens (primary N) is 1. The van der Waals surface area contributed by atoms with Crippen LogP contribution in [0.1, 0.15) is 13.8 Å². The van der Waals surface area contributed by atoms with E-state index in [4.69, 9.17) is 5.73 Å². The van der Waals surface area contributed by atoms with Crippen LogP contribution >= 0.6 is 0 Å². The number of amides is 1. The van der Waals surface area contributed by atoms with Gasteiger partial charge in [-0.1, -0.05) is 13.8 Å². The number of aliphatic hydroxyl groups is 2. The van der Waals surface area contributed by atoms with E-state index in [0.717, 1.165) is 0 Å². The Kier molecular flexibility index (Phi) is 4.67. The minimum atomic E-state index is -0.798. The first-order valence-corrected chi connectivity index (χ1v) is 5.55. The van der Waals surface area contributed by atoms with Gasteiger partial charge in [0.15, 0.2) is 0 Å². The highest BCUT2D eigenvalue weighted by Crippen LogP contribution is 2.08. The maximum Gasteiger partial charge on any atom is 0.234 e. The summed E-state index contributed by atoms with van der Waals surface area (Å²) in [7, 11) is 0. The third-order valence-corrected chi connectivity index (χ3v) is 2.93. The lowest BCUT2D eigenvalue weighted by atomic mass is 10.0. The van der Waals surface area contributed by atoms with Crippen LogP contribution in [-0.2, 0) is 4.79 Å². The van der Waals surface area contributed by atoms with E-state index in [0.29, 0.717) is 13.1 Å². The van der Waals surface area contributed by atoms with E-state index >= 15 is 0 Å². The monoisotopic (exact) mass is 231 g/mol. The van der Waals surface area contributed by atoms with Crippen molar-refractivity contribution in [3.8, 4) is 0 Å². The molecular weight excluding hydrogens is 210 g/mol. The Morgan fingerprint density at radius 1 is 1.56 bits per heavy atom. The van der Waals surface area contributed by atoms with Gasteiger partial charge in [0, 0.05) is 19.1 Å². The molecule has 1 rings (SSSR count). The van der Waals surface area contributed by atoms with Crippen molar-refractivity contribution in [1.82, 2.24) is 10.6 Å². The Balaban J connectivity index is 2.41. The zero-order valence-electron chi connectivity index (χ0n) is 9.68. The number of rotatable bonds is 5. The summed E-state index contributed by atoms with van der Waals surface area (Å²) in [6.45, 7) is 4.58. The van der Waals surface area contributed by atoms with Gasteiger partial charge in [-0.15, -0.1) is 0 Å². The molecule has 1 amide bonds. The van der Waals surface area contributed by atoms with Crippen LogP contribution in [-0.4, -0.2) is 53.5 Å². The normalized spacial score (nSPS) is 31.9. The number of hydrogen-bond donors (Lipinski definition) is 5. The van der Waals surface area contributed by atoms with Crippen LogP contribution in [0.5, 0.6) is 0 Å². The Labute approximate surface area is 95.2 Å². The maximum atomic E-state index is 11.1. The first-order valence-electron chi connectivity index (χ1n) is 5.55. The van der Waals surface area contributed by atoms with Crippen LogP contribution in [0.15, 0.2) is 0 Å². The van der Waals surface area contributed by atoms with Crippen molar-refractivity contribution in [3.05, 3.63) is 0 Å². The highest BCUT2D eigenvalue weighted by Gasteiger charge is 2.33. The lowest BCUT2D eigenvalue weighted by Gasteiger charge is -2.23. The summed E-state index contributed by atoms with van der Waals surface area (Å²) in [6.07, 6.45) is -1.54. The molecule has 94 valence electrons. The van der Waals surface area contributed by atoms with Crippen molar-refractivity contribution in [2.45, 2.75) is 38.1 Å². The third kappa shape index (κ3) is 3.15. The first-order chi connectivity index (χ1) is 7.43. The fourth-order valence-electron chi connectivity index (χ4n) is 1.89. The van der Waals surface area contributed by atoms with E-state index in [2.05, 4.69) is 10.6 Å². The van der Waals surface area contributed by atoms with Gasteiger partial charge in [0.25, 0.3) is 0 Å². The maximum absolute atomic E-state index is 11.1. The number of β-amino-alcohol motifs (C(OH)–C–C–N with tert-alkyl or cyclic N) is 1. The zero-order valence-corrected chi connectivity index (χ0v) is 9.68. The predicted molar refractivity (Wildman–Crippen MR) is 59.6 cm³/mol. The highest BCUT2D eigenvalue weighted by atomic mass is 16.3. The van der Waals surface area contributed by atoms with Gasteiger partial charge in [0.05, 0.1) is 18.2 Å². The fourth-order valence-corrected chi connectivity index (χ4v) is 1.89. The Bertz CT molecular complexity index is 247. The molecule has 4 atom stereocenters. The smallest absolute Gasteiger partial charge is 0.234 e. The van der Waals surface area contributed by atoms with Crippen molar-refractivity contribution in [3.63, 3.8) is 0 Å². The zero-order chi connectivity index (χ0) is 12.3. The van der Waals surface area contributed by atoms with Crippen molar-refractivity contribution in [1.29, 1.82) is 0 Å². The van der Waals surface area contributed by atoms with Crippen LogP contribution in [0, 0.1) is 5.92 Å². The molecule has 1 fully saturated rings. The Hall–Kier alpha value is -0.690. The van der Waals surface area contributed by atoms with Gasteiger partial charge in [-0.3, -0.25) is 4.79 Å². The second-order valence-corrected chi connectivity index (χ2v) is 4.60. The number of primary amides is 1. The van der Waals surface area contributed by atoms with Gasteiger partial charge in [-0.25, -0.2) is 0 Å². The molecule has 0 aliphatic carbocycles. The number of carbonyl (C=O) groups is 1. The first kappa shape index (κ1) is 13.4. The second-order valence-electron chi connectivity index (χ2n) is 4.60.